The van der Waals surface area contributed by atoms with Gasteiger partial charge in [0, 0.05) is 6.20 Å². The van der Waals surface area contributed by atoms with Gasteiger partial charge in [0.2, 0.25) is 11.8 Å². The van der Waals surface area contributed by atoms with Crippen LogP contribution in [0.4, 0.5) is 0 Å². The summed E-state index contributed by atoms with van der Waals surface area (Å²) < 4.78 is 10.4. The van der Waals surface area contributed by atoms with Gasteiger partial charge in [-0.1, -0.05) is 6.92 Å². The molecule has 2 rings (SSSR count). The van der Waals surface area contributed by atoms with E-state index in [1.165, 1.54) is 7.11 Å². The molecule has 2 aromatic rings. The first-order chi connectivity index (χ1) is 10.2. The van der Waals surface area contributed by atoms with Crippen molar-refractivity contribution in [1.82, 2.24) is 25.3 Å². The van der Waals surface area contributed by atoms with E-state index in [9.17, 15) is 0 Å². The van der Waals surface area contributed by atoms with E-state index in [1.54, 1.807) is 25.7 Å². The Hall–Kier alpha value is -2.28. The minimum atomic E-state index is -0.239. The molecule has 0 saturated heterocycles. The van der Waals surface area contributed by atoms with Crippen molar-refractivity contribution < 1.29 is 9.47 Å². The van der Waals surface area contributed by atoms with Gasteiger partial charge in [0.05, 0.1) is 44.0 Å². The lowest BCUT2D eigenvalue weighted by molar-refractivity contribution is 0.352. The molecule has 7 nitrogen and oxygen atoms in total. The van der Waals surface area contributed by atoms with E-state index in [1.807, 2.05) is 13.8 Å². The topological polar surface area (TPSA) is 82.1 Å². The van der Waals surface area contributed by atoms with Crippen LogP contribution in [0.2, 0.25) is 0 Å². The molecule has 1 atom stereocenters. The van der Waals surface area contributed by atoms with E-state index in [-0.39, 0.29) is 6.04 Å². The Morgan fingerprint density at radius 1 is 1.10 bits per heavy atom. The molecule has 0 radical (unpaired) electrons. The van der Waals surface area contributed by atoms with E-state index in [0.717, 1.165) is 17.9 Å². The molecule has 2 aromatic heterocycles. The number of nitrogens with one attached hydrogen (secondary N) is 1. The number of aryl methyl sites for hydroxylation is 1. The Labute approximate surface area is 123 Å². The van der Waals surface area contributed by atoms with Gasteiger partial charge < -0.3 is 14.8 Å². The van der Waals surface area contributed by atoms with Crippen molar-refractivity contribution >= 4 is 0 Å². The predicted molar refractivity (Wildman–Crippen MR) is 77.4 cm³/mol. The van der Waals surface area contributed by atoms with Crippen LogP contribution in [0.1, 0.15) is 30.0 Å². The molecule has 21 heavy (non-hydrogen) atoms. The summed E-state index contributed by atoms with van der Waals surface area (Å²) in [6.07, 6.45) is 5.01. The summed E-state index contributed by atoms with van der Waals surface area (Å²) in [6.45, 7) is 4.65. The molecule has 0 amide bonds. The first-order valence-electron chi connectivity index (χ1n) is 6.66. The minimum absolute atomic E-state index is 0.239. The molecule has 1 unspecified atom stereocenters. The maximum atomic E-state index is 5.32. The molecule has 0 aliphatic rings. The van der Waals surface area contributed by atoms with Gasteiger partial charge in [0.1, 0.15) is 5.69 Å². The molecule has 112 valence electrons. The molecule has 0 fully saturated rings. The SMILES string of the molecule is CCNC(c1cnc(C)cn1)c1ncc(OC)nc1OC. The normalized spacial score (nSPS) is 12.0. The van der Waals surface area contributed by atoms with Crippen LogP contribution in [0.5, 0.6) is 11.8 Å². The van der Waals surface area contributed by atoms with Crippen molar-refractivity contribution in [2.45, 2.75) is 19.9 Å². The molecule has 0 aromatic carbocycles. The summed E-state index contributed by atoms with van der Waals surface area (Å²) >= 11 is 0. The molecule has 7 heteroatoms. The third-order valence-corrected chi connectivity index (χ3v) is 2.93. The minimum Gasteiger partial charge on any atom is -0.480 e. The molecular weight excluding hydrogens is 270 g/mol. The van der Waals surface area contributed by atoms with Gasteiger partial charge in [-0.2, -0.15) is 4.98 Å². The average Bonchev–Trinajstić information content (AvgIpc) is 2.53. The quantitative estimate of drug-likeness (QED) is 0.858. The maximum absolute atomic E-state index is 5.32. The van der Waals surface area contributed by atoms with Crippen LogP contribution < -0.4 is 14.8 Å². The standard InChI is InChI=1S/C14H19N5O2/c1-5-15-12(10-7-16-9(2)6-17-10)13-14(21-4)19-11(20-3)8-18-13/h6-8,12,15H,5H2,1-4H3. The van der Waals surface area contributed by atoms with Gasteiger partial charge in [-0.15, -0.1) is 0 Å². The molecule has 0 aliphatic heterocycles. The number of nitrogens with zero attached hydrogens (tertiary/aromatic N) is 4. The van der Waals surface area contributed by atoms with Crippen molar-refractivity contribution in [3.05, 3.63) is 35.7 Å². The third kappa shape index (κ3) is 3.43. The fourth-order valence-corrected chi connectivity index (χ4v) is 1.91. The van der Waals surface area contributed by atoms with Gasteiger partial charge in [0.25, 0.3) is 0 Å². The number of hydrogen-bond acceptors (Lipinski definition) is 7. The molecule has 1 N–H and O–H groups in total. The Morgan fingerprint density at radius 3 is 2.48 bits per heavy atom. The highest BCUT2D eigenvalue weighted by atomic mass is 16.5. The van der Waals surface area contributed by atoms with Crippen LogP contribution >= 0.6 is 0 Å². The summed E-state index contributed by atoms with van der Waals surface area (Å²) in [7, 11) is 3.09. The first-order valence-corrected chi connectivity index (χ1v) is 6.66. The maximum Gasteiger partial charge on any atom is 0.240 e. The van der Waals surface area contributed by atoms with Gasteiger partial charge >= 0.3 is 0 Å². The van der Waals surface area contributed by atoms with Crippen LogP contribution in [0.3, 0.4) is 0 Å². The largest absolute Gasteiger partial charge is 0.480 e. The fraction of sp³-hybridized carbons (Fsp3) is 0.429. The van der Waals surface area contributed by atoms with Crippen molar-refractivity contribution in [2.75, 3.05) is 20.8 Å². The number of rotatable bonds is 6. The van der Waals surface area contributed by atoms with E-state index in [0.29, 0.717) is 17.5 Å². The smallest absolute Gasteiger partial charge is 0.240 e. The molecule has 0 spiro atoms. The highest BCUT2D eigenvalue weighted by molar-refractivity contribution is 5.31. The predicted octanol–water partition coefficient (Wildman–Crippen LogP) is 1.29. The Bertz CT molecular complexity index is 588. The second kappa shape index (κ2) is 6.94. The average molecular weight is 289 g/mol. The molecule has 0 aliphatic carbocycles. The van der Waals surface area contributed by atoms with Crippen LogP contribution in [0.25, 0.3) is 0 Å². The lowest BCUT2D eigenvalue weighted by Crippen LogP contribution is -2.25. The Kier molecular flexibility index (Phi) is 4.99. The first kappa shape index (κ1) is 15.1. The van der Waals surface area contributed by atoms with Crippen LogP contribution in [0.15, 0.2) is 18.6 Å². The van der Waals surface area contributed by atoms with E-state index in [2.05, 4.69) is 25.3 Å². The number of methoxy groups -OCH3 is 2. The summed E-state index contributed by atoms with van der Waals surface area (Å²) in [5.41, 5.74) is 2.28. The molecule has 2 heterocycles. The number of hydrogen-bond donors (Lipinski definition) is 1. The highest BCUT2D eigenvalue weighted by Gasteiger charge is 2.22. The summed E-state index contributed by atoms with van der Waals surface area (Å²) in [5, 5.41) is 3.32. The van der Waals surface area contributed by atoms with Crippen molar-refractivity contribution in [3.63, 3.8) is 0 Å². The summed E-state index contributed by atoms with van der Waals surface area (Å²) in [4.78, 5) is 17.3. The zero-order chi connectivity index (χ0) is 15.2. The molecular formula is C14H19N5O2. The second-order valence-electron chi connectivity index (χ2n) is 4.38. The number of aromatic nitrogens is 4. The van der Waals surface area contributed by atoms with E-state index >= 15 is 0 Å². The van der Waals surface area contributed by atoms with Crippen LogP contribution in [-0.4, -0.2) is 40.7 Å². The van der Waals surface area contributed by atoms with Gasteiger partial charge in [-0.05, 0) is 13.5 Å². The number of ether oxygens (including phenoxy) is 2. The second-order valence-corrected chi connectivity index (χ2v) is 4.38. The lowest BCUT2D eigenvalue weighted by Gasteiger charge is -2.18. The lowest BCUT2D eigenvalue weighted by atomic mass is 10.1. The fourth-order valence-electron chi connectivity index (χ4n) is 1.91. The molecule has 0 saturated carbocycles. The summed E-state index contributed by atoms with van der Waals surface area (Å²) in [6, 6.07) is -0.239. The van der Waals surface area contributed by atoms with Crippen LogP contribution in [0, 0.1) is 6.92 Å². The zero-order valence-electron chi connectivity index (χ0n) is 12.6. The van der Waals surface area contributed by atoms with Gasteiger partial charge in [0.15, 0.2) is 0 Å². The summed E-state index contributed by atoms with van der Waals surface area (Å²) in [5.74, 6) is 0.809. The van der Waals surface area contributed by atoms with Gasteiger partial charge in [-0.3, -0.25) is 9.97 Å². The van der Waals surface area contributed by atoms with E-state index < -0.39 is 0 Å². The Morgan fingerprint density at radius 2 is 1.90 bits per heavy atom. The van der Waals surface area contributed by atoms with Crippen molar-refractivity contribution in [1.29, 1.82) is 0 Å². The molecule has 0 bridgehead atoms. The monoisotopic (exact) mass is 289 g/mol. The van der Waals surface area contributed by atoms with Crippen LogP contribution in [-0.2, 0) is 0 Å². The van der Waals surface area contributed by atoms with Crippen molar-refractivity contribution in [3.8, 4) is 11.8 Å². The third-order valence-electron chi connectivity index (χ3n) is 2.93. The zero-order valence-corrected chi connectivity index (χ0v) is 12.6. The Balaban J connectivity index is 2.44. The van der Waals surface area contributed by atoms with E-state index in [4.69, 9.17) is 9.47 Å². The van der Waals surface area contributed by atoms with Gasteiger partial charge in [-0.25, -0.2) is 4.98 Å². The van der Waals surface area contributed by atoms with Crippen molar-refractivity contribution in [2.24, 2.45) is 0 Å². The highest BCUT2D eigenvalue weighted by Crippen LogP contribution is 2.26.